The van der Waals surface area contributed by atoms with E-state index < -0.39 is 0 Å². The first-order chi connectivity index (χ1) is 19.8. The average Bonchev–Trinajstić information content (AvgIpc) is 3.03. The summed E-state index contributed by atoms with van der Waals surface area (Å²) in [5, 5.41) is 17.0. The topological polar surface area (TPSA) is 62.5 Å². The van der Waals surface area contributed by atoms with Crippen LogP contribution in [-0.2, 0) is 0 Å². The normalized spacial score (nSPS) is 11.5. The van der Waals surface area contributed by atoms with Crippen LogP contribution in [0.25, 0.3) is 76.8 Å². The summed E-state index contributed by atoms with van der Waals surface area (Å²) in [6.07, 6.45) is 1.87. The molecule has 4 nitrogen and oxygen atoms in total. The van der Waals surface area contributed by atoms with Crippen LogP contribution in [0.2, 0.25) is 0 Å². The minimum Gasteiger partial charge on any atom is -0.256 e. The second kappa shape index (κ2) is 8.69. The van der Waals surface area contributed by atoms with Gasteiger partial charge in [0.1, 0.15) is 0 Å². The molecule has 0 spiro atoms. The predicted molar refractivity (Wildman–Crippen MR) is 163 cm³/mol. The summed E-state index contributed by atoms with van der Waals surface area (Å²) >= 11 is 0. The maximum Gasteiger partial charge on any atom is 0.0991 e. The van der Waals surface area contributed by atoms with Gasteiger partial charge in [-0.25, -0.2) is 9.97 Å². The van der Waals surface area contributed by atoms with Crippen LogP contribution in [0.5, 0.6) is 0 Å². The van der Waals surface area contributed by atoms with E-state index in [1.165, 1.54) is 5.39 Å². The van der Waals surface area contributed by atoms with Crippen LogP contribution in [0.1, 0.15) is 5.56 Å². The van der Waals surface area contributed by atoms with Crippen molar-refractivity contribution in [3.05, 3.63) is 127 Å². The van der Waals surface area contributed by atoms with Crippen molar-refractivity contribution in [2.75, 3.05) is 0 Å². The van der Waals surface area contributed by atoms with E-state index in [1.54, 1.807) is 0 Å². The number of nitriles is 1. The van der Waals surface area contributed by atoms with Gasteiger partial charge in [-0.05, 0) is 47.9 Å². The van der Waals surface area contributed by atoms with E-state index in [0.29, 0.717) is 5.56 Å². The number of rotatable bonds is 2. The van der Waals surface area contributed by atoms with E-state index in [0.717, 1.165) is 71.4 Å². The molecule has 3 aromatic heterocycles. The van der Waals surface area contributed by atoms with Crippen LogP contribution < -0.4 is 0 Å². The molecule has 5 aromatic carbocycles. The summed E-state index contributed by atoms with van der Waals surface area (Å²) in [5.74, 6) is 0. The van der Waals surface area contributed by atoms with Gasteiger partial charge in [0.25, 0.3) is 0 Å². The third-order valence-electron chi connectivity index (χ3n) is 7.67. The highest BCUT2D eigenvalue weighted by Gasteiger charge is 2.18. The molecular formula is C36H20N4. The van der Waals surface area contributed by atoms with Crippen molar-refractivity contribution >= 4 is 54.3 Å². The fourth-order valence-electron chi connectivity index (χ4n) is 5.87. The zero-order valence-corrected chi connectivity index (χ0v) is 21.3. The predicted octanol–water partition coefficient (Wildman–Crippen LogP) is 8.84. The fourth-order valence-corrected chi connectivity index (χ4v) is 5.87. The van der Waals surface area contributed by atoms with Crippen LogP contribution in [0.15, 0.2) is 121 Å². The quantitative estimate of drug-likeness (QED) is 0.219. The molecular weight excluding hydrogens is 488 g/mol. The molecule has 0 unspecified atom stereocenters. The van der Waals surface area contributed by atoms with E-state index in [-0.39, 0.29) is 0 Å². The Morgan fingerprint density at radius 1 is 0.550 bits per heavy atom. The van der Waals surface area contributed by atoms with Gasteiger partial charge in [-0.3, -0.25) is 4.98 Å². The number of hydrogen-bond acceptors (Lipinski definition) is 4. The van der Waals surface area contributed by atoms with Crippen molar-refractivity contribution < 1.29 is 0 Å². The molecule has 184 valence electrons. The van der Waals surface area contributed by atoms with Gasteiger partial charge < -0.3 is 0 Å². The van der Waals surface area contributed by atoms with Gasteiger partial charge in [0.05, 0.1) is 39.6 Å². The summed E-state index contributed by atoms with van der Waals surface area (Å²) in [4.78, 5) is 15.0. The largest absolute Gasteiger partial charge is 0.256 e. The summed E-state index contributed by atoms with van der Waals surface area (Å²) in [6.45, 7) is 0. The lowest BCUT2D eigenvalue weighted by atomic mass is 9.91. The molecule has 40 heavy (non-hydrogen) atoms. The Kier molecular flexibility index (Phi) is 4.85. The first kappa shape index (κ1) is 22.3. The molecule has 0 fully saturated rings. The number of hydrogen-bond donors (Lipinski definition) is 0. The molecule has 3 heterocycles. The first-order valence-corrected chi connectivity index (χ1v) is 13.2. The highest BCUT2D eigenvalue weighted by atomic mass is 14.7. The first-order valence-electron chi connectivity index (χ1n) is 13.2. The Labute approximate surface area is 229 Å². The van der Waals surface area contributed by atoms with Gasteiger partial charge in [-0.15, -0.1) is 0 Å². The lowest BCUT2D eigenvalue weighted by Crippen LogP contribution is -1.94. The molecule has 0 radical (unpaired) electrons. The zero-order chi connectivity index (χ0) is 26.6. The van der Waals surface area contributed by atoms with E-state index in [4.69, 9.17) is 15.0 Å². The fraction of sp³-hybridized carbons (Fsp3) is 0. The molecule has 0 amide bonds. The van der Waals surface area contributed by atoms with Crippen molar-refractivity contribution in [2.24, 2.45) is 0 Å². The smallest absolute Gasteiger partial charge is 0.0991 e. The van der Waals surface area contributed by atoms with Crippen LogP contribution >= 0.6 is 0 Å². The number of nitrogens with zero attached hydrogens (tertiary/aromatic N) is 4. The van der Waals surface area contributed by atoms with Gasteiger partial charge in [-0.1, -0.05) is 72.8 Å². The van der Waals surface area contributed by atoms with Crippen molar-refractivity contribution in [2.45, 2.75) is 0 Å². The van der Waals surface area contributed by atoms with E-state index in [9.17, 15) is 5.26 Å². The van der Waals surface area contributed by atoms with Crippen LogP contribution in [-0.4, -0.2) is 15.0 Å². The van der Waals surface area contributed by atoms with Crippen LogP contribution in [0, 0.1) is 11.3 Å². The van der Waals surface area contributed by atoms with Gasteiger partial charge >= 0.3 is 0 Å². The summed E-state index contributed by atoms with van der Waals surface area (Å²) in [6, 6.07) is 41.3. The monoisotopic (exact) mass is 508 g/mol. The third-order valence-corrected chi connectivity index (χ3v) is 7.67. The zero-order valence-electron chi connectivity index (χ0n) is 21.3. The maximum absolute atomic E-state index is 9.25. The Balaban J connectivity index is 1.44. The third kappa shape index (κ3) is 3.35. The standard InChI is InChI=1S/C36H20N4/c37-21-22-14-16-30-24(19-22)15-17-31(39-30)23-7-5-8-25(20-23)35-34-26-9-1-2-10-27(26)36-29(12-6-18-38-36)33(34)28-11-3-4-13-32(28)40-35/h1-20H. The molecule has 8 rings (SSSR count). The number of benzene rings is 5. The SMILES string of the molecule is N#Cc1ccc2nc(-c3cccc(-c4nc5ccccc5c5c6cccnc6c6ccccc6c45)c3)ccc2c1. The lowest BCUT2D eigenvalue weighted by Gasteiger charge is -2.16. The number of aromatic nitrogens is 3. The number of fused-ring (bicyclic) bond motifs is 9. The van der Waals surface area contributed by atoms with E-state index in [1.807, 2.05) is 48.7 Å². The Morgan fingerprint density at radius 3 is 2.25 bits per heavy atom. The Bertz CT molecular complexity index is 2350. The van der Waals surface area contributed by atoms with Gasteiger partial charge in [0, 0.05) is 49.6 Å². The van der Waals surface area contributed by atoms with Crippen molar-refractivity contribution in [3.8, 4) is 28.6 Å². The maximum atomic E-state index is 9.25. The van der Waals surface area contributed by atoms with Crippen LogP contribution in [0.4, 0.5) is 0 Å². The minimum atomic E-state index is 0.633. The van der Waals surface area contributed by atoms with Gasteiger partial charge in [-0.2, -0.15) is 5.26 Å². The van der Waals surface area contributed by atoms with E-state index in [2.05, 4.69) is 78.9 Å². The molecule has 0 saturated heterocycles. The molecule has 0 aliphatic carbocycles. The molecule has 4 heteroatoms. The van der Waals surface area contributed by atoms with Gasteiger partial charge in [0.2, 0.25) is 0 Å². The molecule has 8 aromatic rings. The van der Waals surface area contributed by atoms with Crippen LogP contribution in [0.3, 0.4) is 0 Å². The summed E-state index contributed by atoms with van der Waals surface area (Å²) in [5.41, 5.74) is 7.31. The summed E-state index contributed by atoms with van der Waals surface area (Å²) < 4.78 is 0. The average molecular weight is 509 g/mol. The van der Waals surface area contributed by atoms with E-state index >= 15 is 0 Å². The highest BCUT2D eigenvalue weighted by Crippen LogP contribution is 2.42. The number of para-hydroxylation sites is 1. The molecule has 0 aliphatic rings. The second-order valence-electron chi connectivity index (χ2n) is 9.97. The van der Waals surface area contributed by atoms with Crippen molar-refractivity contribution in [3.63, 3.8) is 0 Å². The Hall–Kier alpha value is -5.66. The molecule has 0 atom stereocenters. The molecule has 0 bridgehead atoms. The Morgan fingerprint density at radius 2 is 1.35 bits per heavy atom. The molecule has 0 saturated carbocycles. The minimum absolute atomic E-state index is 0.633. The van der Waals surface area contributed by atoms with Crippen molar-refractivity contribution in [1.82, 2.24) is 15.0 Å². The van der Waals surface area contributed by atoms with Gasteiger partial charge in [0.15, 0.2) is 0 Å². The lowest BCUT2D eigenvalue weighted by molar-refractivity contribution is 1.38. The molecule has 0 N–H and O–H groups in total. The molecule has 0 aliphatic heterocycles. The highest BCUT2D eigenvalue weighted by molar-refractivity contribution is 6.32. The second-order valence-corrected chi connectivity index (χ2v) is 9.97. The van der Waals surface area contributed by atoms with Crippen molar-refractivity contribution in [1.29, 1.82) is 5.26 Å². The number of pyridine rings is 3. The summed E-state index contributed by atoms with van der Waals surface area (Å²) in [7, 11) is 0.